The molecule has 6 heteroatoms. The Bertz CT molecular complexity index is 806. The molecule has 0 amide bonds. The molecular formula is C22H23NO5. The first-order chi connectivity index (χ1) is 13.6. The molecule has 0 saturated carbocycles. The maximum absolute atomic E-state index is 12.1. The van der Waals surface area contributed by atoms with E-state index in [1.165, 1.54) is 37.1 Å². The lowest BCUT2D eigenvalue weighted by Gasteiger charge is -2.07. The van der Waals surface area contributed by atoms with Crippen LogP contribution in [0.5, 0.6) is 11.5 Å². The lowest BCUT2D eigenvalue weighted by atomic mass is 10.2. The van der Waals surface area contributed by atoms with Crippen molar-refractivity contribution in [3.8, 4) is 17.6 Å². The zero-order chi connectivity index (χ0) is 20.2. The van der Waals surface area contributed by atoms with Gasteiger partial charge in [0, 0.05) is 0 Å². The van der Waals surface area contributed by atoms with Crippen molar-refractivity contribution >= 4 is 12.1 Å². The first-order valence-electron chi connectivity index (χ1n) is 9.29. The molecule has 0 aromatic heterocycles. The highest BCUT2D eigenvalue weighted by Crippen LogP contribution is 2.17. The van der Waals surface area contributed by atoms with Crippen LogP contribution in [0.4, 0.5) is 4.79 Å². The molecule has 0 saturated heterocycles. The number of hydrogen-bond donors (Lipinski definition) is 0. The summed E-state index contributed by atoms with van der Waals surface area (Å²) in [7, 11) is 0. The lowest BCUT2D eigenvalue weighted by Crippen LogP contribution is -2.12. The van der Waals surface area contributed by atoms with Crippen LogP contribution >= 0.6 is 0 Å². The topological polar surface area (TPSA) is 85.6 Å². The van der Waals surface area contributed by atoms with Gasteiger partial charge in [-0.3, -0.25) is 0 Å². The third kappa shape index (κ3) is 7.12. The van der Waals surface area contributed by atoms with E-state index in [-0.39, 0.29) is 5.75 Å². The Morgan fingerprint density at radius 2 is 1.46 bits per heavy atom. The van der Waals surface area contributed by atoms with E-state index in [9.17, 15) is 9.59 Å². The fourth-order valence-electron chi connectivity index (χ4n) is 2.41. The Morgan fingerprint density at radius 1 is 0.857 bits per heavy atom. The monoisotopic (exact) mass is 381 g/mol. The fourth-order valence-corrected chi connectivity index (χ4v) is 2.41. The Morgan fingerprint density at radius 3 is 2.11 bits per heavy atom. The van der Waals surface area contributed by atoms with Gasteiger partial charge >= 0.3 is 12.1 Å². The van der Waals surface area contributed by atoms with E-state index in [1.54, 1.807) is 24.3 Å². The van der Waals surface area contributed by atoms with Crippen molar-refractivity contribution in [2.75, 3.05) is 6.61 Å². The van der Waals surface area contributed by atoms with Gasteiger partial charge in [-0.05, 0) is 55.0 Å². The van der Waals surface area contributed by atoms with Crippen LogP contribution in [-0.2, 0) is 4.74 Å². The molecule has 0 heterocycles. The number of rotatable bonds is 9. The van der Waals surface area contributed by atoms with Gasteiger partial charge in [-0.1, -0.05) is 32.6 Å². The van der Waals surface area contributed by atoms with Crippen molar-refractivity contribution < 1.29 is 23.8 Å². The maximum Gasteiger partial charge on any atom is 0.513 e. The van der Waals surface area contributed by atoms with Gasteiger partial charge in [0.05, 0.1) is 23.8 Å². The second-order valence-corrected chi connectivity index (χ2v) is 6.16. The van der Waals surface area contributed by atoms with Gasteiger partial charge in [0.1, 0.15) is 11.5 Å². The van der Waals surface area contributed by atoms with Crippen molar-refractivity contribution in [2.45, 2.75) is 39.0 Å². The van der Waals surface area contributed by atoms with Crippen LogP contribution in [-0.4, -0.2) is 18.7 Å². The largest absolute Gasteiger partial charge is 0.513 e. The molecule has 146 valence electrons. The van der Waals surface area contributed by atoms with E-state index in [0.717, 1.165) is 19.3 Å². The van der Waals surface area contributed by atoms with E-state index >= 15 is 0 Å². The Labute approximate surface area is 164 Å². The highest BCUT2D eigenvalue weighted by Gasteiger charge is 2.11. The summed E-state index contributed by atoms with van der Waals surface area (Å²) >= 11 is 0. The first kappa shape index (κ1) is 21.0. The molecule has 0 unspecified atom stereocenters. The summed E-state index contributed by atoms with van der Waals surface area (Å²) in [6.45, 7) is 2.48. The summed E-state index contributed by atoms with van der Waals surface area (Å²) in [6.07, 6.45) is 4.56. The number of carbonyl (C=O) groups excluding carboxylic acids is 2. The van der Waals surface area contributed by atoms with Gasteiger partial charge in [-0.2, -0.15) is 5.26 Å². The van der Waals surface area contributed by atoms with Crippen molar-refractivity contribution in [3.05, 3.63) is 59.7 Å². The Hall–Kier alpha value is -3.33. The molecule has 0 fully saturated rings. The predicted octanol–water partition coefficient (Wildman–Crippen LogP) is 5.26. The van der Waals surface area contributed by atoms with Crippen molar-refractivity contribution in [1.82, 2.24) is 0 Å². The molecule has 0 bridgehead atoms. The molecule has 2 aromatic carbocycles. The van der Waals surface area contributed by atoms with Crippen LogP contribution in [0.3, 0.4) is 0 Å². The molecule has 0 aliphatic carbocycles. The lowest BCUT2D eigenvalue weighted by molar-refractivity contribution is 0.0734. The number of hydrogen-bond acceptors (Lipinski definition) is 6. The van der Waals surface area contributed by atoms with Gasteiger partial charge < -0.3 is 14.2 Å². The third-order valence-corrected chi connectivity index (χ3v) is 3.95. The zero-order valence-corrected chi connectivity index (χ0v) is 15.8. The number of ether oxygens (including phenoxy) is 3. The molecule has 2 aromatic rings. The summed E-state index contributed by atoms with van der Waals surface area (Å²) in [5, 5.41) is 8.77. The minimum atomic E-state index is -0.761. The van der Waals surface area contributed by atoms with Crippen molar-refractivity contribution in [2.24, 2.45) is 0 Å². The number of benzene rings is 2. The smallest absolute Gasteiger partial charge is 0.434 e. The second kappa shape index (κ2) is 11.4. The van der Waals surface area contributed by atoms with Crippen molar-refractivity contribution in [1.29, 1.82) is 5.26 Å². The van der Waals surface area contributed by atoms with Crippen LogP contribution in [0, 0.1) is 11.3 Å². The van der Waals surface area contributed by atoms with E-state index in [1.807, 2.05) is 6.07 Å². The van der Waals surface area contributed by atoms with Crippen molar-refractivity contribution in [3.63, 3.8) is 0 Å². The molecule has 0 aliphatic rings. The van der Waals surface area contributed by atoms with Gasteiger partial charge in [-0.15, -0.1) is 0 Å². The Kier molecular flexibility index (Phi) is 8.54. The van der Waals surface area contributed by atoms with Crippen LogP contribution < -0.4 is 9.47 Å². The molecule has 6 nitrogen and oxygen atoms in total. The van der Waals surface area contributed by atoms with E-state index in [0.29, 0.717) is 23.5 Å². The molecule has 0 radical (unpaired) electrons. The number of nitrogens with zero attached hydrogens (tertiary/aromatic N) is 1. The number of unbranched alkanes of at least 4 members (excludes halogenated alkanes) is 4. The summed E-state index contributed by atoms with van der Waals surface area (Å²) in [6, 6.07) is 14.2. The molecule has 0 aliphatic heterocycles. The highest BCUT2D eigenvalue weighted by atomic mass is 16.7. The van der Waals surface area contributed by atoms with Crippen LogP contribution in [0.2, 0.25) is 0 Å². The van der Waals surface area contributed by atoms with Gasteiger partial charge in [0.2, 0.25) is 0 Å². The quantitative estimate of drug-likeness (QED) is 0.255. The first-order valence-corrected chi connectivity index (χ1v) is 9.29. The molecule has 0 spiro atoms. The molecule has 28 heavy (non-hydrogen) atoms. The highest BCUT2D eigenvalue weighted by molar-refractivity contribution is 5.91. The maximum atomic E-state index is 12.1. The average Bonchev–Trinajstić information content (AvgIpc) is 2.71. The normalized spacial score (nSPS) is 10.0. The van der Waals surface area contributed by atoms with E-state index in [2.05, 4.69) is 6.92 Å². The SMILES string of the molecule is CCCCCCCOC(=O)Oc1ccc(C(=O)Oc2ccc(C#N)cc2)cc1. The number of esters is 1. The molecule has 2 rings (SSSR count). The predicted molar refractivity (Wildman–Crippen MR) is 103 cm³/mol. The van der Waals surface area contributed by atoms with E-state index < -0.39 is 12.1 Å². The number of nitriles is 1. The molecule has 0 N–H and O–H groups in total. The zero-order valence-electron chi connectivity index (χ0n) is 15.8. The summed E-state index contributed by atoms with van der Waals surface area (Å²) in [5.41, 5.74) is 0.787. The average molecular weight is 381 g/mol. The summed E-state index contributed by atoms with van der Waals surface area (Å²) in [5.74, 6) is 0.0728. The van der Waals surface area contributed by atoms with E-state index in [4.69, 9.17) is 19.5 Å². The summed E-state index contributed by atoms with van der Waals surface area (Å²) < 4.78 is 15.3. The van der Waals surface area contributed by atoms with Crippen LogP contribution in [0.1, 0.15) is 54.9 Å². The van der Waals surface area contributed by atoms with Crippen LogP contribution in [0.25, 0.3) is 0 Å². The van der Waals surface area contributed by atoms with Gasteiger partial charge in [0.15, 0.2) is 0 Å². The minimum absolute atomic E-state index is 0.283. The Balaban J connectivity index is 1.77. The minimum Gasteiger partial charge on any atom is -0.434 e. The van der Waals surface area contributed by atoms with Crippen LogP contribution in [0.15, 0.2) is 48.5 Å². The number of carbonyl (C=O) groups is 2. The third-order valence-electron chi connectivity index (χ3n) is 3.95. The van der Waals surface area contributed by atoms with Gasteiger partial charge in [-0.25, -0.2) is 9.59 Å². The standard InChI is InChI=1S/C22H23NO5/c1-2-3-4-5-6-15-26-22(25)28-20-13-9-18(10-14-20)21(24)27-19-11-7-17(16-23)8-12-19/h7-14H,2-6,15H2,1H3. The molecule has 0 atom stereocenters. The van der Waals surface area contributed by atoms with Gasteiger partial charge in [0.25, 0.3) is 0 Å². The summed E-state index contributed by atoms with van der Waals surface area (Å²) in [4.78, 5) is 23.8. The fraction of sp³-hybridized carbons (Fsp3) is 0.318. The molecular weight excluding hydrogens is 358 g/mol. The second-order valence-electron chi connectivity index (χ2n) is 6.16.